The van der Waals surface area contributed by atoms with Crippen molar-refractivity contribution in [1.82, 2.24) is 19.9 Å². The van der Waals surface area contributed by atoms with Gasteiger partial charge in [-0.3, -0.25) is 0 Å². The minimum Gasteiger partial charge on any atom is -0.400 e. The Labute approximate surface area is 250 Å². The molecule has 8 aromatic rings. The fourth-order valence-electron chi connectivity index (χ4n) is 5.86. The molecule has 0 atom stereocenters. The first kappa shape index (κ1) is 24.5. The molecule has 0 radical (unpaired) electrons. The number of benzene rings is 4. The molecule has 10 heteroatoms. The Balaban J connectivity index is 0.00000131. The van der Waals surface area contributed by atoms with E-state index < -0.39 is 0 Å². The molecule has 0 amide bonds. The molecular weight excluding hydrogens is 560 g/mol. The zero-order valence-electron chi connectivity index (χ0n) is 22.0. The van der Waals surface area contributed by atoms with Gasteiger partial charge in [0.1, 0.15) is 0 Å². The van der Waals surface area contributed by atoms with Crippen LogP contribution in [0.5, 0.6) is 0 Å². The second-order valence-corrected chi connectivity index (χ2v) is 10.1. The average Bonchev–Trinajstić information content (AvgIpc) is 3.78. The van der Waals surface area contributed by atoms with Crippen LogP contribution in [-0.4, -0.2) is 9.97 Å². The maximum absolute atomic E-state index is 8.25. The predicted octanol–water partition coefficient (Wildman–Crippen LogP) is 8.04. The van der Waals surface area contributed by atoms with Crippen LogP contribution < -0.4 is 31.2 Å². The molecule has 0 saturated carbocycles. The molecule has 9 rings (SSSR count). The van der Waals surface area contributed by atoms with Crippen molar-refractivity contribution < 1.29 is 23.7 Å². The number of hydrogen-bond donors (Lipinski definition) is 6. The van der Waals surface area contributed by atoms with Gasteiger partial charge in [0.2, 0.25) is 0 Å². The smallest absolute Gasteiger partial charge is 0.0585 e. The summed E-state index contributed by atoms with van der Waals surface area (Å²) >= 11 is 0.750. The molecule has 5 heterocycles. The van der Waals surface area contributed by atoms with E-state index in [2.05, 4.69) is 79.8 Å². The third kappa shape index (κ3) is 3.75. The summed E-state index contributed by atoms with van der Waals surface area (Å²) in [5.41, 5.74) is 0. The van der Waals surface area contributed by atoms with Gasteiger partial charge in [-0.05, 0) is 21.5 Å². The first-order valence-electron chi connectivity index (χ1n) is 13.4. The summed E-state index contributed by atoms with van der Waals surface area (Å²) in [6.45, 7) is 0. The molecule has 0 fully saturated rings. The Hall–Kier alpha value is -5.25. The average molecular weight is 582 g/mol. The van der Waals surface area contributed by atoms with Gasteiger partial charge in [-0.1, -0.05) is 97.1 Å². The normalized spacial score (nSPS) is 12.3. The van der Waals surface area contributed by atoms with Crippen LogP contribution in [0.2, 0.25) is 0 Å². The van der Waals surface area contributed by atoms with Crippen molar-refractivity contribution in [3.05, 3.63) is 97.1 Å². The summed E-state index contributed by atoms with van der Waals surface area (Å²) in [6.07, 6.45) is 0. The summed E-state index contributed by atoms with van der Waals surface area (Å²) in [7, 11) is 0. The first-order valence-corrected chi connectivity index (χ1v) is 14.0. The van der Waals surface area contributed by atoms with E-state index in [0.717, 1.165) is 110 Å². The SMILES string of the molecule is [O]=[Ti+2].c1ccc2c3[n-]c(c2c1)Nc1[nH]c(c2ccccc12)Nc1[n-]c(c2ccccc12)Nc1[nH]c(c2ccccc12)N3. The molecule has 8 bridgehead atoms. The van der Waals surface area contributed by atoms with Gasteiger partial charge in [0.15, 0.2) is 0 Å². The van der Waals surface area contributed by atoms with Gasteiger partial charge in [-0.25, -0.2) is 0 Å². The molecule has 0 unspecified atom stereocenters. The fraction of sp³-hybridized carbons (Fsp3) is 0. The number of hydrogen-bond acceptors (Lipinski definition) is 5. The third-order valence-electron chi connectivity index (χ3n) is 7.73. The number of fused-ring (bicyclic) bond motifs is 20. The van der Waals surface area contributed by atoms with Crippen LogP contribution >= 0.6 is 0 Å². The molecule has 1 aliphatic rings. The van der Waals surface area contributed by atoms with Gasteiger partial charge in [0, 0.05) is 44.8 Å². The largest absolute Gasteiger partial charge is 0.400 e. The number of rotatable bonds is 0. The van der Waals surface area contributed by atoms with E-state index in [0.29, 0.717) is 0 Å². The number of anilines is 8. The standard InChI is InChI=1S/C32H22N8.O.Ti/c1-2-10-18-17(9-1)25-33-26(18)38-28-21-13-5-6-14-22(21)30(35-28)40-32-24-16-8-7-15-23(24)31(36-32)39-29-20-12-4-3-11-19(20)27(34-29)37-25;;/h1-16,33,36-40H;;/q-2;;+2. The summed E-state index contributed by atoms with van der Waals surface area (Å²) in [6, 6.07) is 33.1. The maximum Gasteiger partial charge on any atom is 0.0585 e. The topological polar surface area (TPSA) is 125 Å². The van der Waals surface area contributed by atoms with Crippen LogP contribution in [0.4, 0.5) is 46.5 Å². The second kappa shape index (κ2) is 9.69. The molecule has 200 valence electrons. The monoisotopic (exact) mass is 582 g/mol. The van der Waals surface area contributed by atoms with Crippen molar-refractivity contribution in [2.45, 2.75) is 0 Å². The van der Waals surface area contributed by atoms with Crippen LogP contribution in [0, 0.1) is 0 Å². The number of aromatic nitrogens is 4. The summed E-state index contributed by atoms with van der Waals surface area (Å²) in [4.78, 5) is 17.2. The van der Waals surface area contributed by atoms with E-state index in [1.54, 1.807) is 0 Å². The zero-order valence-corrected chi connectivity index (χ0v) is 23.6. The van der Waals surface area contributed by atoms with Gasteiger partial charge < -0.3 is 41.2 Å². The zero-order chi connectivity index (χ0) is 28.2. The van der Waals surface area contributed by atoms with Crippen molar-refractivity contribution in [3.63, 3.8) is 0 Å². The molecule has 42 heavy (non-hydrogen) atoms. The molecule has 6 N–H and O–H groups in total. The molecule has 0 spiro atoms. The Morgan fingerprint density at radius 3 is 0.810 bits per heavy atom. The van der Waals surface area contributed by atoms with Gasteiger partial charge >= 0.3 is 23.7 Å². The first-order chi connectivity index (χ1) is 20.8. The Morgan fingerprint density at radius 2 is 0.571 bits per heavy atom. The fourth-order valence-corrected chi connectivity index (χ4v) is 5.86. The van der Waals surface area contributed by atoms with Crippen LogP contribution in [0.25, 0.3) is 43.1 Å². The third-order valence-corrected chi connectivity index (χ3v) is 7.73. The van der Waals surface area contributed by atoms with Crippen molar-refractivity contribution in [1.29, 1.82) is 0 Å². The number of nitrogens with zero attached hydrogens (tertiary/aromatic N) is 2. The molecule has 0 aliphatic carbocycles. The summed E-state index contributed by atoms with van der Waals surface area (Å²) < 4.78 is 8.25. The van der Waals surface area contributed by atoms with E-state index >= 15 is 0 Å². The Bertz CT molecular complexity index is 1810. The predicted molar refractivity (Wildman–Crippen MR) is 165 cm³/mol. The molecule has 4 aromatic carbocycles. The van der Waals surface area contributed by atoms with E-state index in [1.807, 2.05) is 48.5 Å². The minimum absolute atomic E-state index is 0.750. The quantitative estimate of drug-likeness (QED) is 0.100. The van der Waals surface area contributed by atoms with E-state index in [9.17, 15) is 0 Å². The van der Waals surface area contributed by atoms with E-state index in [1.165, 1.54) is 0 Å². The second-order valence-electron chi connectivity index (χ2n) is 10.1. The van der Waals surface area contributed by atoms with Crippen molar-refractivity contribution in [2.24, 2.45) is 0 Å². The van der Waals surface area contributed by atoms with Crippen LogP contribution in [-0.2, 0) is 23.7 Å². The molecular formula is C32H22N8OTi. The van der Waals surface area contributed by atoms with Gasteiger partial charge in [0.05, 0.1) is 23.3 Å². The van der Waals surface area contributed by atoms with Gasteiger partial charge in [-0.15, -0.1) is 0 Å². The Morgan fingerprint density at radius 1 is 0.357 bits per heavy atom. The number of aromatic amines is 2. The number of H-pyrrole nitrogens is 2. The maximum atomic E-state index is 8.25. The molecule has 0 saturated heterocycles. The summed E-state index contributed by atoms with van der Waals surface area (Å²) in [5.74, 6) is 6.55. The van der Waals surface area contributed by atoms with Crippen LogP contribution in [0.1, 0.15) is 0 Å². The van der Waals surface area contributed by atoms with Crippen molar-refractivity contribution >= 4 is 89.6 Å². The number of nitrogens with one attached hydrogen (secondary N) is 6. The van der Waals surface area contributed by atoms with Gasteiger partial charge in [0.25, 0.3) is 0 Å². The van der Waals surface area contributed by atoms with Crippen LogP contribution in [0.3, 0.4) is 0 Å². The van der Waals surface area contributed by atoms with Crippen LogP contribution in [0.15, 0.2) is 97.1 Å². The Kier molecular flexibility index (Phi) is 5.66. The van der Waals surface area contributed by atoms with E-state index in [-0.39, 0.29) is 0 Å². The van der Waals surface area contributed by atoms with Crippen molar-refractivity contribution in [2.75, 3.05) is 21.3 Å². The van der Waals surface area contributed by atoms with Gasteiger partial charge in [-0.2, -0.15) is 0 Å². The van der Waals surface area contributed by atoms with Crippen molar-refractivity contribution in [3.8, 4) is 0 Å². The van der Waals surface area contributed by atoms with E-state index in [4.69, 9.17) is 13.3 Å². The summed E-state index contributed by atoms with van der Waals surface area (Å²) in [5, 5.41) is 22.8. The molecule has 9 nitrogen and oxygen atoms in total. The molecule has 1 aliphatic heterocycles. The minimum atomic E-state index is 0.750. The molecule has 4 aromatic heterocycles.